The lowest BCUT2D eigenvalue weighted by Crippen LogP contribution is -2.38. The predicted molar refractivity (Wildman–Crippen MR) is 68.5 cm³/mol. The van der Waals surface area contributed by atoms with Crippen molar-refractivity contribution in [3.8, 4) is 0 Å². The third kappa shape index (κ3) is 1.70. The van der Waals surface area contributed by atoms with Crippen LogP contribution < -0.4 is 0 Å². The first-order valence-electron chi connectivity index (χ1n) is 6.37. The topological polar surface area (TPSA) is 37.3 Å². The maximum Gasteiger partial charge on any atom is 0.158 e. The van der Waals surface area contributed by atoms with Gasteiger partial charge in [-0.25, -0.2) is 0 Å². The molecule has 0 aliphatic heterocycles. The highest BCUT2D eigenvalue weighted by Gasteiger charge is 2.56. The molecule has 0 saturated heterocycles. The molecule has 0 unspecified atom stereocenters. The Bertz CT molecular complexity index is 392. The quantitative estimate of drug-likeness (QED) is 0.708. The van der Waals surface area contributed by atoms with Crippen LogP contribution in [0.4, 0.5) is 0 Å². The second-order valence-electron chi connectivity index (χ2n) is 6.28. The van der Waals surface area contributed by atoms with Crippen molar-refractivity contribution in [3.05, 3.63) is 24.3 Å². The van der Waals surface area contributed by atoms with E-state index in [1.54, 1.807) is 0 Å². The molecule has 1 fully saturated rings. The predicted octanol–water partition coefficient (Wildman–Crippen LogP) is 2.88. The Labute approximate surface area is 103 Å². The van der Waals surface area contributed by atoms with Crippen LogP contribution in [0.15, 0.2) is 24.3 Å². The minimum absolute atomic E-state index is 0.0539. The maximum absolute atomic E-state index is 11.6. The van der Waals surface area contributed by atoms with Gasteiger partial charge in [-0.3, -0.25) is 4.79 Å². The Morgan fingerprint density at radius 3 is 2.71 bits per heavy atom. The lowest BCUT2D eigenvalue weighted by Gasteiger charge is -2.40. The largest absolute Gasteiger partial charge is 0.392 e. The van der Waals surface area contributed by atoms with Crippen LogP contribution >= 0.6 is 0 Å². The second-order valence-corrected chi connectivity index (χ2v) is 6.28. The van der Waals surface area contributed by atoms with Gasteiger partial charge in [0.1, 0.15) is 0 Å². The average Bonchev–Trinajstić information content (AvgIpc) is 2.40. The summed E-state index contributed by atoms with van der Waals surface area (Å²) >= 11 is 0. The molecule has 94 valence electrons. The van der Waals surface area contributed by atoms with Crippen molar-refractivity contribution in [3.63, 3.8) is 0 Å². The molecule has 0 radical (unpaired) electrons. The van der Waals surface area contributed by atoms with E-state index in [1.807, 2.05) is 19.1 Å². The van der Waals surface area contributed by atoms with Gasteiger partial charge in [0.25, 0.3) is 0 Å². The molecule has 1 spiro atoms. The van der Waals surface area contributed by atoms with Gasteiger partial charge in [-0.1, -0.05) is 26.0 Å². The number of hydrogen-bond donors (Lipinski definition) is 1. The van der Waals surface area contributed by atoms with Crippen LogP contribution in [0.1, 0.15) is 40.0 Å². The third-order valence-electron chi connectivity index (χ3n) is 4.71. The standard InChI is InChI=1S/C15H22O2/c1-5-12-14(3,4)9-13(17)15(12)7-6-11(16)10(2)8-15/h5,8,12-13,17H,1,6-7,9H2,2-4H3/t12-,13-,15-/m0/s1. The maximum atomic E-state index is 11.6. The van der Waals surface area contributed by atoms with Gasteiger partial charge in [0.15, 0.2) is 5.78 Å². The zero-order valence-corrected chi connectivity index (χ0v) is 11.0. The summed E-state index contributed by atoms with van der Waals surface area (Å²) in [7, 11) is 0. The summed E-state index contributed by atoms with van der Waals surface area (Å²) in [6.07, 6.45) is 5.72. The van der Waals surface area contributed by atoms with Gasteiger partial charge in [0.2, 0.25) is 0 Å². The van der Waals surface area contributed by atoms with Crippen LogP contribution in [0, 0.1) is 16.7 Å². The van der Waals surface area contributed by atoms with E-state index in [0.717, 1.165) is 18.4 Å². The lowest BCUT2D eigenvalue weighted by atomic mass is 9.64. The molecule has 0 amide bonds. The van der Waals surface area contributed by atoms with Crippen LogP contribution in [0.2, 0.25) is 0 Å². The van der Waals surface area contributed by atoms with E-state index in [9.17, 15) is 9.90 Å². The molecule has 1 N–H and O–H groups in total. The first-order valence-corrected chi connectivity index (χ1v) is 6.37. The molecule has 0 aromatic carbocycles. The minimum Gasteiger partial charge on any atom is -0.392 e. The fraction of sp³-hybridized carbons (Fsp3) is 0.667. The van der Waals surface area contributed by atoms with Gasteiger partial charge >= 0.3 is 0 Å². The summed E-state index contributed by atoms with van der Waals surface area (Å²) in [5.74, 6) is 0.461. The number of rotatable bonds is 1. The van der Waals surface area contributed by atoms with Crippen LogP contribution in [0.5, 0.6) is 0 Å². The highest BCUT2D eigenvalue weighted by molar-refractivity contribution is 5.95. The SMILES string of the molecule is C=C[C@H]1C(C)(C)C[C@H](O)[C@@]12C=C(C)C(=O)CC2. The molecule has 3 atom stereocenters. The number of aliphatic hydroxyl groups excluding tert-OH is 1. The molecule has 17 heavy (non-hydrogen) atoms. The smallest absolute Gasteiger partial charge is 0.158 e. The molecule has 2 rings (SSSR count). The molecule has 0 heterocycles. The molecule has 2 nitrogen and oxygen atoms in total. The minimum atomic E-state index is -0.358. The zero-order valence-electron chi connectivity index (χ0n) is 11.0. The fourth-order valence-corrected chi connectivity index (χ4v) is 3.88. The molecule has 2 heteroatoms. The Balaban J connectivity index is 2.49. The van der Waals surface area contributed by atoms with Crippen LogP contribution in [0.25, 0.3) is 0 Å². The molecule has 0 bridgehead atoms. The van der Waals surface area contributed by atoms with Crippen molar-refractivity contribution in [2.45, 2.75) is 46.1 Å². The highest BCUT2D eigenvalue weighted by Crippen LogP contribution is 2.59. The molecule has 0 aromatic heterocycles. The fourth-order valence-electron chi connectivity index (χ4n) is 3.88. The van der Waals surface area contributed by atoms with Crippen molar-refractivity contribution in [1.82, 2.24) is 0 Å². The van der Waals surface area contributed by atoms with E-state index in [-0.39, 0.29) is 28.6 Å². The third-order valence-corrected chi connectivity index (χ3v) is 4.71. The Kier molecular flexibility index (Phi) is 2.81. The average molecular weight is 234 g/mol. The second kappa shape index (κ2) is 3.81. The van der Waals surface area contributed by atoms with Gasteiger partial charge < -0.3 is 5.11 Å². The van der Waals surface area contributed by atoms with E-state index in [4.69, 9.17) is 0 Å². The number of ketones is 1. The van der Waals surface area contributed by atoms with E-state index >= 15 is 0 Å². The number of carbonyl (C=O) groups excluding carboxylic acids is 1. The summed E-state index contributed by atoms with van der Waals surface area (Å²) in [5, 5.41) is 10.4. The molecular formula is C15H22O2. The van der Waals surface area contributed by atoms with E-state index in [2.05, 4.69) is 20.4 Å². The van der Waals surface area contributed by atoms with Gasteiger partial charge in [-0.15, -0.1) is 6.58 Å². The van der Waals surface area contributed by atoms with Gasteiger partial charge in [-0.05, 0) is 36.7 Å². The van der Waals surface area contributed by atoms with Crippen molar-refractivity contribution < 1.29 is 9.90 Å². The van der Waals surface area contributed by atoms with E-state index in [1.165, 1.54) is 0 Å². The zero-order chi connectivity index (χ0) is 12.8. The monoisotopic (exact) mass is 234 g/mol. The number of hydrogen-bond acceptors (Lipinski definition) is 2. The van der Waals surface area contributed by atoms with Crippen molar-refractivity contribution in [1.29, 1.82) is 0 Å². The van der Waals surface area contributed by atoms with Gasteiger partial charge in [0, 0.05) is 11.8 Å². The normalized spacial score (nSPS) is 40.5. The van der Waals surface area contributed by atoms with Crippen molar-refractivity contribution in [2.75, 3.05) is 0 Å². The molecule has 1 saturated carbocycles. The summed E-state index contributed by atoms with van der Waals surface area (Å²) < 4.78 is 0. The summed E-state index contributed by atoms with van der Waals surface area (Å²) in [5.41, 5.74) is 0.599. The summed E-state index contributed by atoms with van der Waals surface area (Å²) in [4.78, 5) is 11.6. The summed E-state index contributed by atoms with van der Waals surface area (Å²) in [6.45, 7) is 10.2. The molecule has 0 aromatic rings. The molecule has 2 aliphatic carbocycles. The lowest BCUT2D eigenvalue weighted by molar-refractivity contribution is -0.117. The van der Waals surface area contributed by atoms with Gasteiger partial charge in [0.05, 0.1) is 6.10 Å². The van der Waals surface area contributed by atoms with Crippen molar-refractivity contribution in [2.24, 2.45) is 16.7 Å². The Morgan fingerprint density at radius 2 is 2.18 bits per heavy atom. The Morgan fingerprint density at radius 1 is 1.53 bits per heavy atom. The first kappa shape index (κ1) is 12.6. The van der Waals surface area contributed by atoms with E-state index in [0.29, 0.717) is 6.42 Å². The van der Waals surface area contributed by atoms with Crippen LogP contribution in [-0.4, -0.2) is 17.0 Å². The molecular weight excluding hydrogens is 212 g/mol. The first-order chi connectivity index (χ1) is 7.83. The van der Waals surface area contributed by atoms with Crippen LogP contribution in [-0.2, 0) is 4.79 Å². The number of Topliss-reactive ketones (excluding diaryl/α,β-unsaturated/α-hetero) is 1. The number of allylic oxidation sites excluding steroid dienone is 2. The van der Waals surface area contributed by atoms with Crippen molar-refractivity contribution >= 4 is 5.78 Å². The highest BCUT2D eigenvalue weighted by atomic mass is 16.3. The number of aliphatic hydroxyl groups is 1. The van der Waals surface area contributed by atoms with E-state index < -0.39 is 0 Å². The molecule has 2 aliphatic rings. The Hall–Kier alpha value is -0.890. The number of carbonyl (C=O) groups is 1. The van der Waals surface area contributed by atoms with Gasteiger partial charge in [-0.2, -0.15) is 0 Å². The van der Waals surface area contributed by atoms with Crippen LogP contribution in [0.3, 0.4) is 0 Å². The summed E-state index contributed by atoms with van der Waals surface area (Å²) in [6, 6.07) is 0.